The number of nitrogens with zero attached hydrogens (tertiary/aromatic N) is 2. The highest BCUT2D eigenvalue weighted by atomic mass is 16.5. The highest BCUT2D eigenvalue weighted by molar-refractivity contribution is 6.26. The fraction of sp³-hybridized carbons (Fsp3) is 0.409. The molecule has 0 spiro atoms. The van der Waals surface area contributed by atoms with Crippen molar-refractivity contribution in [2.45, 2.75) is 19.4 Å². The van der Waals surface area contributed by atoms with E-state index in [-0.39, 0.29) is 31.2 Å². The molecule has 2 aromatic heterocycles. The van der Waals surface area contributed by atoms with E-state index in [2.05, 4.69) is 21.7 Å². The smallest absolute Gasteiger partial charge is 0.200 e. The fourth-order valence-electron chi connectivity index (χ4n) is 4.68. The average Bonchev–Trinajstić information content (AvgIpc) is 3.01. The molecule has 2 unspecified atom stereocenters. The maximum atomic E-state index is 12.3. The molecule has 3 aromatic rings. The molecule has 1 N–H and O–H groups in total. The minimum atomic E-state index is -0.558. The molecule has 1 aliphatic heterocycles. The molecule has 1 aromatic carbocycles. The molecule has 28 heavy (non-hydrogen) atoms. The quantitative estimate of drug-likeness (QED) is 0.543. The van der Waals surface area contributed by atoms with Crippen LogP contribution in [-0.2, 0) is 27.8 Å². The molecule has 0 bridgehead atoms. The number of benzene rings is 1. The molecule has 1 saturated heterocycles. The summed E-state index contributed by atoms with van der Waals surface area (Å²) in [5, 5.41) is 12.2. The van der Waals surface area contributed by atoms with Gasteiger partial charge in [0.2, 0.25) is 5.78 Å². The molecule has 0 radical (unpaired) electrons. The van der Waals surface area contributed by atoms with E-state index in [1.54, 1.807) is 6.20 Å². The fourth-order valence-corrected chi connectivity index (χ4v) is 4.68. The van der Waals surface area contributed by atoms with E-state index >= 15 is 0 Å². The molecule has 1 aliphatic rings. The number of ether oxygens (including phenoxy) is 1. The predicted octanol–water partition coefficient (Wildman–Crippen LogP) is 2.30. The van der Waals surface area contributed by atoms with Crippen molar-refractivity contribution in [2.75, 3.05) is 13.2 Å². The summed E-state index contributed by atoms with van der Waals surface area (Å²) >= 11 is 0. The van der Waals surface area contributed by atoms with Crippen LogP contribution in [0.1, 0.15) is 12.6 Å². The van der Waals surface area contributed by atoms with Gasteiger partial charge in [-0.2, -0.15) is 0 Å². The largest absolute Gasteiger partial charge is 0.396 e. The molecular formula is C22H24N2O4. The highest BCUT2D eigenvalue weighted by Gasteiger charge is 2.41. The first-order chi connectivity index (χ1) is 13.6. The van der Waals surface area contributed by atoms with Gasteiger partial charge < -0.3 is 14.4 Å². The van der Waals surface area contributed by atoms with Crippen LogP contribution in [0.2, 0.25) is 0 Å². The van der Waals surface area contributed by atoms with Crippen LogP contribution in [0.3, 0.4) is 0 Å². The number of hydrogen-bond donors (Lipinski definition) is 1. The zero-order valence-corrected chi connectivity index (χ0v) is 16.0. The molecule has 4 atom stereocenters. The van der Waals surface area contributed by atoms with Gasteiger partial charge in [-0.05, 0) is 31.4 Å². The van der Waals surface area contributed by atoms with Gasteiger partial charge in [0.15, 0.2) is 6.29 Å². The van der Waals surface area contributed by atoms with Gasteiger partial charge >= 0.3 is 0 Å². The summed E-state index contributed by atoms with van der Waals surface area (Å²) in [6.45, 7) is 2.00. The van der Waals surface area contributed by atoms with Crippen LogP contribution in [-0.4, -0.2) is 46.0 Å². The first-order valence-electron chi connectivity index (χ1n) is 9.59. The molecule has 6 nitrogen and oxygen atoms in total. The van der Waals surface area contributed by atoms with Gasteiger partial charge in [-0.15, -0.1) is 0 Å². The first kappa shape index (κ1) is 18.8. The van der Waals surface area contributed by atoms with Crippen LogP contribution in [0.15, 0.2) is 36.5 Å². The monoisotopic (exact) mass is 380 g/mol. The number of aromatic nitrogens is 2. The number of aliphatic hydroxyl groups excluding tert-OH is 1. The Labute approximate surface area is 163 Å². The Balaban J connectivity index is 1.82. The number of aliphatic hydroxyl groups is 1. The van der Waals surface area contributed by atoms with E-state index in [0.29, 0.717) is 12.7 Å². The van der Waals surface area contributed by atoms with Gasteiger partial charge in [0.25, 0.3) is 0 Å². The maximum Gasteiger partial charge on any atom is 0.200 e. The summed E-state index contributed by atoms with van der Waals surface area (Å²) in [6, 6.07) is 10.2. The molecule has 0 aliphatic carbocycles. The van der Waals surface area contributed by atoms with E-state index in [1.165, 1.54) is 0 Å². The van der Waals surface area contributed by atoms with Crippen LogP contribution in [0.5, 0.6) is 0 Å². The molecule has 4 rings (SSSR count). The van der Waals surface area contributed by atoms with Gasteiger partial charge in [0.1, 0.15) is 0 Å². The van der Waals surface area contributed by atoms with Gasteiger partial charge in [0, 0.05) is 42.1 Å². The summed E-state index contributed by atoms with van der Waals surface area (Å²) < 4.78 is 7.80. The molecular weight excluding hydrogens is 356 g/mol. The van der Waals surface area contributed by atoms with Gasteiger partial charge in [-0.1, -0.05) is 18.2 Å². The van der Waals surface area contributed by atoms with Crippen LogP contribution >= 0.6 is 0 Å². The van der Waals surface area contributed by atoms with Gasteiger partial charge in [-0.3, -0.25) is 14.6 Å². The van der Waals surface area contributed by atoms with E-state index < -0.39 is 11.7 Å². The van der Waals surface area contributed by atoms with Crippen LogP contribution in [0.4, 0.5) is 0 Å². The second-order valence-electron chi connectivity index (χ2n) is 7.61. The number of fused-ring (bicyclic) bond motifs is 3. The number of aldehydes is 1. The van der Waals surface area contributed by atoms with Crippen molar-refractivity contribution in [3.63, 3.8) is 0 Å². The summed E-state index contributed by atoms with van der Waals surface area (Å²) in [5.41, 5.74) is 3.01. The molecule has 3 heterocycles. The minimum Gasteiger partial charge on any atom is -0.396 e. The molecule has 146 valence electrons. The lowest BCUT2D eigenvalue weighted by molar-refractivity contribution is -0.146. The number of pyridine rings is 1. The number of Topliss-reactive ketones (excluding diaryl/α,β-unsaturated/α-hetero) is 1. The van der Waals surface area contributed by atoms with Crippen LogP contribution in [0, 0.1) is 17.8 Å². The van der Waals surface area contributed by atoms with Crippen molar-refractivity contribution in [2.24, 2.45) is 24.8 Å². The van der Waals surface area contributed by atoms with Crippen molar-refractivity contribution in [1.29, 1.82) is 0 Å². The Morgan fingerprint density at radius 3 is 2.82 bits per heavy atom. The molecule has 0 saturated carbocycles. The number of ketones is 1. The minimum absolute atomic E-state index is 0.0977. The third-order valence-electron chi connectivity index (χ3n) is 6.22. The lowest BCUT2D eigenvalue weighted by Gasteiger charge is -2.40. The topological polar surface area (TPSA) is 81.4 Å². The molecule has 0 amide bonds. The zero-order chi connectivity index (χ0) is 19.8. The van der Waals surface area contributed by atoms with Gasteiger partial charge in [-0.25, -0.2) is 0 Å². The lowest BCUT2D eigenvalue weighted by atomic mass is 9.73. The number of carbonyl (C=O) groups excluding carboxylic acids is 2. The van der Waals surface area contributed by atoms with E-state index in [1.807, 2.05) is 32.2 Å². The third-order valence-corrected chi connectivity index (χ3v) is 6.22. The summed E-state index contributed by atoms with van der Waals surface area (Å²) in [4.78, 5) is 28.1. The Hall–Kier alpha value is -2.57. The lowest BCUT2D eigenvalue weighted by Crippen LogP contribution is -2.47. The Morgan fingerprint density at radius 1 is 1.29 bits per heavy atom. The second-order valence-corrected chi connectivity index (χ2v) is 7.61. The van der Waals surface area contributed by atoms with Gasteiger partial charge in [0.05, 0.1) is 29.8 Å². The average molecular weight is 380 g/mol. The van der Waals surface area contributed by atoms with Crippen molar-refractivity contribution in [1.82, 2.24) is 9.55 Å². The molecule has 6 heteroatoms. The van der Waals surface area contributed by atoms with E-state index in [0.717, 1.165) is 27.5 Å². The first-order valence-corrected chi connectivity index (χ1v) is 9.59. The normalized spacial score (nSPS) is 25.2. The molecule has 1 fully saturated rings. The Bertz CT molecular complexity index is 1040. The van der Waals surface area contributed by atoms with Crippen LogP contribution < -0.4 is 0 Å². The van der Waals surface area contributed by atoms with E-state index in [4.69, 9.17) is 4.74 Å². The third kappa shape index (κ3) is 2.93. The number of carbonyl (C=O) groups is 2. The van der Waals surface area contributed by atoms with Crippen molar-refractivity contribution >= 4 is 33.9 Å². The number of para-hydroxylation sites is 1. The number of hydrogen-bond acceptors (Lipinski definition) is 5. The summed E-state index contributed by atoms with van der Waals surface area (Å²) in [5.74, 6) is -1.46. The zero-order valence-electron chi connectivity index (χ0n) is 16.0. The highest BCUT2D eigenvalue weighted by Crippen LogP contribution is 2.37. The SMILES string of the molecule is C[C@@H]1OCC(C(=O)C=O)C(Cc2nccc3c4ccccc4n(C)c23)[C@H]1CO. The summed E-state index contributed by atoms with van der Waals surface area (Å²) in [6.07, 6.45) is 2.48. The Morgan fingerprint density at radius 2 is 2.07 bits per heavy atom. The van der Waals surface area contributed by atoms with E-state index in [9.17, 15) is 14.7 Å². The number of aryl methyl sites for hydroxylation is 1. The standard InChI is InChI=1S/C22H24N2O4/c1-13-17(10-25)16(18(12-28-13)21(27)11-26)9-19-22-15(7-8-23-19)14-5-3-4-6-20(14)24(22)2/h3-8,11,13,16-18,25H,9-10,12H2,1-2H3/t13-,16?,17-,18?/m0/s1. The summed E-state index contributed by atoms with van der Waals surface area (Å²) in [7, 11) is 2.01. The van der Waals surface area contributed by atoms with Crippen LogP contribution in [0.25, 0.3) is 21.8 Å². The van der Waals surface area contributed by atoms with Crippen molar-refractivity contribution < 1.29 is 19.4 Å². The second kappa shape index (κ2) is 7.45. The Kier molecular flexibility index (Phi) is 5.00. The predicted molar refractivity (Wildman–Crippen MR) is 106 cm³/mol. The number of rotatable bonds is 5. The van der Waals surface area contributed by atoms with Crippen molar-refractivity contribution in [3.8, 4) is 0 Å². The van der Waals surface area contributed by atoms with Crippen molar-refractivity contribution in [3.05, 3.63) is 42.2 Å². The maximum absolute atomic E-state index is 12.3.